The van der Waals surface area contributed by atoms with Crippen molar-refractivity contribution in [1.82, 2.24) is 0 Å². The van der Waals surface area contributed by atoms with E-state index in [4.69, 9.17) is 4.18 Å². The Labute approximate surface area is 78.6 Å². The van der Waals surface area contributed by atoms with Crippen molar-refractivity contribution in [1.29, 1.82) is 0 Å². The molecular weight excluding hydrogens is 188 g/mol. The van der Waals surface area contributed by atoms with Gasteiger partial charge in [-0.15, -0.1) is 0 Å². The fourth-order valence-electron chi connectivity index (χ4n) is 3.57. The van der Waals surface area contributed by atoms with Crippen LogP contribution in [0.2, 0.25) is 0 Å². The molecule has 3 unspecified atom stereocenters. The maximum atomic E-state index is 11.8. The Morgan fingerprint density at radius 3 is 2.62 bits per heavy atom. The van der Waals surface area contributed by atoms with Gasteiger partial charge in [-0.05, 0) is 37.5 Å². The van der Waals surface area contributed by atoms with E-state index >= 15 is 0 Å². The first-order valence-corrected chi connectivity index (χ1v) is 6.44. The maximum Gasteiger partial charge on any atom is 0.273 e. The van der Waals surface area contributed by atoms with E-state index in [9.17, 15) is 8.42 Å². The monoisotopic (exact) mass is 202 g/mol. The average Bonchev–Trinajstić information content (AvgIpc) is 2.68. The molecule has 0 N–H and O–H groups in total. The van der Waals surface area contributed by atoms with Crippen molar-refractivity contribution < 1.29 is 12.6 Å². The van der Waals surface area contributed by atoms with Gasteiger partial charge in [-0.25, -0.2) is 0 Å². The van der Waals surface area contributed by atoms with E-state index in [0.29, 0.717) is 18.4 Å². The molecule has 3 nitrogen and oxygen atoms in total. The number of fused-ring (bicyclic) bond motifs is 3. The van der Waals surface area contributed by atoms with Crippen LogP contribution in [0.5, 0.6) is 0 Å². The minimum absolute atomic E-state index is 0.407. The quantitative estimate of drug-likeness (QED) is 0.556. The van der Waals surface area contributed by atoms with Crippen molar-refractivity contribution in [3.05, 3.63) is 0 Å². The predicted molar refractivity (Wildman–Crippen MR) is 47.7 cm³/mol. The van der Waals surface area contributed by atoms with Gasteiger partial charge in [0.1, 0.15) is 4.75 Å². The molecule has 2 bridgehead atoms. The van der Waals surface area contributed by atoms with Crippen molar-refractivity contribution in [3.63, 3.8) is 0 Å². The molecule has 2 saturated carbocycles. The summed E-state index contributed by atoms with van der Waals surface area (Å²) >= 11 is 0. The van der Waals surface area contributed by atoms with Crippen LogP contribution in [0.1, 0.15) is 32.1 Å². The van der Waals surface area contributed by atoms with E-state index in [2.05, 4.69) is 0 Å². The average molecular weight is 202 g/mol. The predicted octanol–water partition coefficient (Wildman–Crippen LogP) is 1.30. The van der Waals surface area contributed by atoms with Gasteiger partial charge in [-0.2, -0.15) is 8.42 Å². The highest BCUT2D eigenvalue weighted by atomic mass is 32.2. The molecule has 0 aromatic rings. The Morgan fingerprint density at radius 1 is 1.31 bits per heavy atom. The van der Waals surface area contributed by atoms with Crippen LogP contribution >= 0.6 is 0 Å². The Bertz CT molecular complexity index is 335. The topological polar surface area (TPSA) is 43.4 Å². The molecule has 1 aliphatic heterocycles. The number of hydrogen-bond donors (Lipinski definition) is 0. The van der Waals surface area contributed by atoms with Crippen molar-refractivity contribution in [2.75, 3.05) is 6.61 Å². The molecule has 0 aromatic carbocycles. The lowest BCUT2D eigenvalue weighted by atomic mass is 9.86. The highest BCUT2D eigenvalue weighted by molar-refractivity contribution is 7.88. The third-order valence-electron chi connectivity index (χ3n) is 4.18. The number of hydrogen-bond acceptors (Lipinski definition) is 3. The summed E-state index contributed by atoms with van der Waals surface area (Å²) in [7, 11) is -3.22. The summed E-state index contributed by atoms with van der Waals surface area (Å²) in [6, 6.07) is 0. The second-order valence-corrected chi connectivity index (χ2v) is 6.63. The molecular formula is C9H14O3S. The lowest BCUT2D eigenvalue weighted by Crippen LogP contribution is -2.39. The molecule has 2 aliphatic carbocycles. The number of rotatable bonds is 0. The Morgan fingerprint density at radius 2 is 2.15 bits per heavy atom. The fraction of sp³-hybridized carbons (Fsp3) is 1.00. The van der Waals surface area contributed by atoms with Crippen LogP contribution < -0.4 is 0 Å². The first kappa shape index (κ1) is 8.24. The second kappa shape index (κ2) is 2.28. The summed E-state index contributed by atoms with van der Waals surface area (Å²) in [5.74, 6) is 1.08. The molecule has 0 amide bonds. The van der Waals surface area contributed by atoms with E-state index in [1.54, 1.807) is 0 Å². The zero-order valence-electron chi connectivity index (χ0n) is 7.53. The SMILES string of the molecule is O=S1(=O)OCCC12CC1CCC2C1. The molecule has 13 heavy (non-hydrogen) atoms. The minimum atomic E-state index is -3.22. The van der Waals surface area contributed by atoms with E-state index in [0.717, 1.165) is 25.7 Å². The summed E-state index contributed by atoms with van der Waals surface area (Å²) < 4.78 is 28.0. The Hall–Kier alpha value is -0.0900. The Balaban J connectivity index is 2.07. The lowest BCUT2D eigenvalue weighted by molar-refractivity contribution is 0.343. The third-order valence-corrected chi connectivity index (χ3v) is 6.36. The molecule has 3 atom stereocenters. The van der Waals surface area contributed by atoms with Gasteiger partial charge in [-0.3, -0.25) is 4.18 Å². The van der Waals surface area contributed by atoms with Crippen molar-refractivity contribution in [2.24, 2.45) is 11.8 Å². The summed E-state index contributed by atoms with van der Waals surface area (Å²) in [5, 5.41) is 0. The van der Waals surface area contributed by atoms with Gasteiger partial charge in [0.05, 0.1) is 6.61 Å². The lowest BCUT2D eigenvalue weighted by Gasteiger charge is -2.30. The van der Waals surface area contributed by atoms with Gasteiger partial charge in [-0.1, -0.05) is 6.42 Å². The molecule has 3 fully saturated rings. The molecule has 3 aliphatic rings. The van der Waals surface area contributed by atoms with E-state index < -0.39 is 14.9 Å². The normalized spacial score (nSPS) is 52.0. The molecule has 74 valence electrons. The van der Waals surface area contributed by atoms with Crippen LogP contribution in [0, 0.1) is 11.8 Å². The van der Waals surface area contributed by atoms with E-state index in [-0.39, 0.29) is 0 Å². The van der Waals surface area contributed by atoms with Crippen LogP contribution in [0.15, 0.2) is 0 Å². The zero-order chi connectivity index (χ0) is 9.10. The van der Waals surface area contributed by atoms with Crippen molar-refractivity contribution in [3.8, 4) is 0 Å². The van der Waals surface area contributed by atoms with E-state index in [1.165, 1.54) is 6.42 Å². The summed E-state index contributed by atoms with van der Waals surface area (Å²) in [5.41, 5.74) is 0. The maximum absolute atomic E-state index is 11.8. The molecule has 1 saturated heterocycles. The summed E-state index contributed by atoms with van der Waals surface area (Å²) in [4.78, 5) is 0. The molecule has 1 spiro atoms. The van der Waals surface area contributed by atoms with Gasteiger partial charge in [0, 0.05) is 0 Å². The van der Waals surface area contributed by atoms with Crippen LogP contribution in [-0.2, 0) is 14.3 Å². The van der Waals surface area contributed by atoms with Gasteiger partial charge in [0.2, 0.25) is 0 Å². The van der Waals surface area contributed by atoms with Gasteiger partial charge < -0.3 is 0 Å². The van der Waals surface area contributed by atoms with Crippen LogP contribution in [-0.4, -0.2) is 19.8 Å². The van der Waals surface area contributed by atoms with Crippen molar-refractivity contribution >= 4 is 10.1 Å². The first-order valence-electron chi connectivity index (χ1n) is 5.03. The van der Waals surface area contributed by atoms with Crippen LogP contribution in [0.4, 0.5) is 0 Å². The zero-order valence-corrected chi connectivity index (χ0v) is 8.35. The second-order valence-electron chi connectivity index (χ2n) is 4.67. The molecule has 4 heteroatoms. The molecule has 0 aromatic heterocycles. The van der Waals surface area contributed by atoms with Crippen molar-refractivity contribution in [2.45, 2.75) is 36.9 Å². The third kappa shape index (κ3) is 0.859. The van der Waals surface area contributed by atoms with Crippen LogP contribution in [0.25, 0.3) is 0 Å². The smallest absolute Gasteiger partial charge is 0.270 e. The minimum Gasteiger partial charge on any atom is -0.270 e. The Kier molecular flexibility index (Phi) is 1.45. The standard InChI is InChI=1S/C9H14O3S/c10-13(11)9(3-4-12-13)6-7-1-2-8(9)5-7/h7-8H,1-6H2. The van der Waals surface area contributed by atoms with Gasteiger partial charge in [0.15, 0.2) is 0 Å². The molecule has 0 radical (unpaired) electrons. The van der Waals surface area contributed by atoms with E-state index in [1.807, 2.05) is 0 Å². The molecule has 3 rings (SSSR count). The van der Waals surface area contributed by atoms with Crippen LogP contribution in [0.3, 0.4) is 0 Å². The summed E-state index contributed by atoms with van der Waals surface area (Å²) in [6.07, 6.45) is 5.09. The molecule has 1 heterocycles. The largest absolute Gasteiger partial charge is 0.273 e. The fourth-order valence-corrected chi connectivity index (χ4v) is 5.51. The highest BCUT2D eigenvalue weighted by Gasteiger charge is 2.61. The summed E-state index contributed by atoms with van der Waals surface area (Å²) in [6.45, 7) is 0.422. The first-order chi connectivity index (χ1) is 6.14. The van der Waals surface area contributed by atoms with Gasteiger partial charge >= 0.3 is 0 Å². The highest BCUT2D eigenvalue weighted by Crippen LogP contribution is 2.58. The van der Waals surface area contributed by atoms with Gasteiger partial charge in [0.25, 0.3) is 10.1 Å².